The molecule has 2 unspecified atom stereocenters. The number of pyridine rings is 1. The Morgan fingerprint density at radius 3 is 3.07 bits per heavy atom. The molecule has 0 amide bonds. The van der Waals surface area contributed by atoms with Crippen LogP contribution in [0.3, 0.4) is 0 Å². The summed E-state index contributed by atoms with van der Waals surface area (Å²) >= 11 is 0. The Bertz CT molecular complexity index is 289. The largest absolute Gasteiger partial charge is 0.393 e. The van der Waals surface area contributed by atoms with Gasteiger partial charge in [0.05, 0.1) is 6.10 Å². The van der Waals surface area contributed by atoms with Crippen molar-refractivity contribution in [3.05, 3.63) is 30.1 Å². The van der Waals surface area contributed by atoms with Crippen LogP contribution >= 0.6 is 0 Å². The average molecular weight is 206 g/mol. The highest BCUT2D eigenvalue weighted by atomic mass is 16.3. The van der Waals surface area contributed by atoms with Gasteiger partial charge in [0.1, 0.15) is 0 Å². The van der Waals surface area contributed by atoms with Crippen LogP contribution in [-0.2, 0) is 6.54 Å². The van der Waals surface area contributed by atoms with Gasteiger partial charge in [0.2, 0.25) is 0 Å². The van der Waals surface area contributed by atoms with Crippen molar-refractivity contribution in [1.29, 1.82) is 0 Å². The second-order valence-corrected chi connectivity index (χ2v) is 4.33. The summed E-state index contributed by atoms with van der Waals surface area (Å²) in [5.41, 5.74) is 1.22. The molecule has 15 heavy (non-hydrogen) atoms. The summed E-state index contributed by atoms with van der Waals surface area (Å²) in [5, 5.41) is 12.8. The van der Waals surface area contributed by atoms with E-state index >= 15 is 0 Å². The fourth-order valence-electron chi connectivity index (χ4n) is 2.16. The van der Waals surface area contributed by atoms with Crippen molar-refractivity contribution in [2.75, 3.05) is 6.54 Å². The van der Waals surface area contributed by atoms with Crippen molar-refractivity contribution in [2.24, 2.45) is 5.92 Å². The first-order valence-electron chi connectivity index (χ1n) is 5.62. The maximum absolute atomic E-state index is 9.38. The van der Waals surface area contributed by atoms with Crippen molar-refractivity contribution < 1.29 is 5.11 Å². The van der Waals surface area contributed by atoms with Crippen LogP contribution in [-0.4, -0.2) is 22.7 Å². The Balaban J connectivity index is 1.67. The third kappa shape index (κ3) is 3.29. The van der Waals surface area contributed by atoms with Crippen LogP contribution in [0.15, 0.2) is 24.5 Å². The highest BCUT2D eigenvalue weighted by Gasteiger charge is 2.21. The lowest BCUT2D eigenvalue weighted by molar-refractivity contribution is 0.177. The van der Waals surface area contributed by atoms with Gasteiger partial charge in [-0.1, -0.05) is 6.07 Å². The van der Waals surface area contributed by atoms with Gasteiger partial charge in [0, 0.05) is 18.9 Å². The van der Waals surface area contributed by atoms with Gasteiger partial charge < -0.3 is 10.4 Å². The number of aliphatic hydroxyl groups is 1. The second kappa shape index (κ2) is 5.24. The molecule has 0 radical (unpaired) electrons. The van der Waals surface area contributed by atoms with E-state index < -0.39 is 0 Å². The molecule has 1 aromatic rings. The van der Waals surface area contributed by atoms with Gasteiger partial charge in [0.25, 0.3) is 0 Å². The predicted molar refractivity (Wildman–Crippen MR) is 59.3 cm³/mol. The molecule has 2 N–H and O–H groups in total. The molecule has 2 atom stereocenters. The Hall–Kier alpha value is -0.930. The van der Waals surface area contributed by atoms with E-state index in [1.807, 2.05) is 12.3 Å². The van der Waals surface area contributed by atoms with Crippen LogP contribution in [0.25, 0.3) is 0 Å². The zero-order valence-corrected chi connectivity index (χ0v) is 8.89. The quantitative estimate of drug-likeness (QED) is 0.781. The van der Waals surface area contributed by atoms with Crippen molar-refractivity contribution in [3.63, 3.8) is 0 Å². The summed E-state index contributed by atoms with van der Waals surface area (Å²) < 4.78 is 0. The van der Waals surface area contributed by atoms with Crippen LogP contribution in [0.4, 0.5) is 0 Å². The molecule has 2 rings (SSSR count). The molecule has 3 heteroatoms. The molecule has 82 valence electrons. The van der Waals surface area contributed by atoms with E-state index in [-0.39, 0.29) is 6.10 Å². The van der Waals surface area contributed by atoms with Crippen LogP contribution in [0.2, 0.25) is 0 Å². The first-order chi connectivity index (χ1) is 7.34. The summed E-state index contributed by atoms with van der Waals surface area (Å²) in [4.78, 5) is 4.07. The maximum Gasteiger partial charge on any atom is 0.0543 e. The summed E-state index contributed by atoms with van der Waals surface area (Å²) in [5.74, 6) is 0.650. The predicted octanol–water partition coefficient (Wildman–Crippen LogP) is 1.33. The van der Waals surface area contributed by atoms with E-state index in [2.05, 4.69) is 16.4 Å². The van der Waals surface area contributed by atoms with E-state index in [1.165, 1.54) is 5.56 Å². The van der Waals surface area contributed by atoms with E-state index in [9.17, 15) is 5.11 Å². The first kappa shape index (κ1) is 10.6. The van der Waals surface area contributed by atoms with E-state index in [0.29, 0.717) is 5.92 Å². The average Bonchev–Trinajstić information content (AvgIpc) is 2.66. The number of hydrogen-bond acceptors (Lipinski definition) is 3. The smallest absolute Gasteiger partial charge is 0.0543 e. The molecule has 1 aliphatic rings. The molecule has 0 saturated heterocycles. The molecular weight excluding hydrogens is 188 g/mol. The number of nitrogens with one attached hydrogen (secondary N) is 1. The number of aromatic nitrogens is 1. The van der Waals surface area contributed by atoms with Gasteiger partial charge in [-0.25, -0.2) is 0 Å². The molecule has 1 aliphatic carbocycles. The number of aliphatic hydroxyl groups excluding tert-OH is 1. The fourth-order valence-corrected chi connectivity index (χ4v) is 2.16. The number of nitrogens with zero attached hydrogens (tertiary/aromatic N) is 1. The Kier molecular flexibility index (Phi) is 3.69. The molecule has 0 aliphatic heterocycles. The van der Waals surface area contributed by atoms with E-state index in [0.717, 1.165) is 32.4 Å². The Morgan fingerprint density at radius 1 is 1.47 bits per heavy atom. The lowest BCUT2D eigenvalue weighted by Crippen LogP contribution is -2.21. The van der Waals surface area contributed by atoms with Crippen LogP contribution in [0.5, 0.6) is 0 Å². The van der Waals surface area contributed by atoms with Gasteiger partial charge in [-0.3, -0.25) is 4.98 Å². The molecular formula is C12H18N2O. The van der Waals surface area contributed by atoms with Crippen LogP contribution < -0.4 is 5.32 Å². The summed E-state index contributed by atoms with van der Waals surface area (Å²) in [6.45, 7) is 1.88. The van der Waals surface area contributed by atoms with Crippen LogP contribution in [0, 0.1) is 5.92 Å². The van der Waals surface area contributed by atoms with Gasteiger partial charge >= 0.3 is 0 Å². The molecule has 0 bridgehead atoms. The molecule has 1 aromatic heterocycles. The second-order valence-electron chi connectivity index (χ2n) is 4.33. The summed E-state index contributed by atoms with van der Waals surface area (Å²) in [6, 6.07) is 4.03. The van der Waals surface area contributed by atoms with Crippen molar-refractivity contribution in [3.8, 4) is 0 Å². The Labute approximate surface area is 90.5 Å². The lowest BCUT2D eigenvalue weighted by Gasteiger charge is -2.10. The van der Waals surface area contributed by atoms with Crippen LogP contribution in [0.1, 0.15) is 24.8 Å². The van der Waals surface area contributed by atoms with Crippen molar-refractivity contribution in [1.82, 2.24) is 10.3 Å². The van der Waals surface area contributed by atoms with Gasteiger partial charge in [-0.05, 0) is 43.4 Å². The number of rotatable bonds is 4. The normalized spacial score (nSPS) is 25.7. The minimum Gasteiger partial charge on any atom is -0.393 e. The molecule has 3 nitrogen and oxygen atoms in total. The van der Waals surface area contributed by atoms with Gasteiger partial charge in [0.15, 0.2) is 0 Å². The number of hydrogen-bond donors (Lipinski definition) is 2. The minimum absolute atomic E-state index is 0.0600. The Morgan fingerprint density at radius 2 is 2.40 bits per heavy atom. The molecule has 1 saturated carbocycles. The third-order valence-corrected chi connectivity index (χ3v) is 3.00. The zero-order valence-electron chi connectivity index (χ0n) is 8.89. The third-order valence-electron chi connectivity index (χ3n) is 3.00. The first-order valence-corrected chi connectivity index (χ1v) is 5.62. The van der Waals surface area contributed by atoms with E-state index in [1.54, 1.807) is 6.20 Å². The monoisotopic (exact) mass is 206 g/mol. The maximum atomic E-state index is 9.38. The SMILES string of the molecule is OC1CCC(CNCc2cccnc2)C1. The fraction of sp³-hybridized carbons (Fsp3) is 0.583. The zero-order chi connectivity index (χ0) is 10.5. The summed E-state index contributed by atoms with van der Waals surface area (Å²) in [6.07, 6.45) is 6.70. The van der Waals surface area contributed by atoms with Crippen molar-refractivity contribution in [2.45, 2.75) is 31.9 Å². The highest BCUT2D eigenvalue weighted by Crippen LogP contribution is 2.24. The van der Waals surface area contributed by atoms with E-state index in [4.69, 9.17) is 0 Å². The molecule has 1 fully saturated rings. The molecule has 1 heterocycles. The van der Waals surface area contributed by atoms with Gasteiger partial charge in [-0.2, -0.15) is 0 Å². The highest BCUT2D eigenvalue weighted by molar-refractivity contribution is 5.07. The summed E-state index contributed by atoms with van der Waals surface area (Å²) in [7, 11) is 0. The minimum atomic E-state index is -0.0600. The van der Waals surface area contributed by atoms with Gasteiger partial charge in [-0.15, -0.1) is 0 Å². The topological polar surface area (TPSA) is 45.1 Å². The molecule has 0 spiro atoms. The standard InChI is InChI=1S/C12H18N2O/c15-12-4-3-10(6-12)7-14-9-11-2-1-5-13-8-11/h1-2,5,8,10,12,14-15H,3-4,6-7,9H2. The van der Waals surface area contributed by atoms with Crippen molar-refractivity contribution >= 4 is 0 Å². The lowest BCUT2D eigenvalue weighted by atomic mass is 10.1. The molecule has 0 aromatic carbocycles.